The normalized spacial score (nSPS) is 28.7. The van der Waals surface area contributed by atoms with Crippen molar-refractivity contribution in [3.63, 3.8) is 0 Å². The number of amides is 2. The summed E-state index contributed by atoms with van der Waals surface area (Å²) in [7, 11) is 0. The summed E-state index contributed by atoms with van der Waals surface area (Å²) in [6.45, 7) is 9.21. The fraction of sp³-hybridized carbons (Fsp3) is 0.846. The Kier molecular flexibility index (Phi) is 4.05. The number of aliphatic hydroxyl groups excluding tert-OH is 1. The molecule has 0 aromatic carbocycles. The maximum Gasteiger partial charge on any atom is 0.417 e. The lowest BCUT2D eigenvalue weighted by atomic mass is 9.78. The minimum Gasteiger partial charge on any atom is -0.443 e. The Hall–Kier alpha value is -1.10. The summed E-state index contributed by atoms with van der Waals surface area (Å²) < 4.78 is 5.21. The van der Waals surface area contributed by atoms with E-state index in [0.29, 0.717) is 6.54 Å². The molecule has 0 spiro atoms. The molecule has 2 unspecified atom stereocenters. The second kappa shape index (κ2) is 4.88. The van der Waals surface area contributed by atoms with Crippen molar-refractivity contribution in [3.8, 4) is 0 Å². The topological polar surface area (TPSA) is 66.8 Å². The van der Waals surface area contributed by atoms with Crippen LogP contribution in [0.2, 0.25) is 0 Å². The first-order valence-electron chi connectivity index (χ1n) is 6.30. The number of nitrogens with zero attached hydrogens (tertiary/aromatic N) is 1. The SMILES string of the molecule is CCC1(C)CN(C(=O)OC(C)(C)C)C(=O)C1CO. The molecule has 0 aromatic rings. The van der Waals surface area contributed by atoms with Gasteiger partial charge in [0.05, 0.1) is 12.5 Å². The van der Waals surface area contributed by atoms with E-state index in [0.717, 1.165) is 11.3 Å². The van der Waals surface area contributed by atoms with Crippen molar-refractivity contribution < 1.29 is 19.4 Å². The number of hydrogen-bond acceptors (Lipinski definition) is 4. The second-order valence-corrected chi connectivity index (χ2v) is 6.15. The highest BCUT2D eigenvalue weighted by atomic mass is 16.6. The van der Waals surface area contributed by atoms with Crippen molar-refractivity contribution in [3.05, 3.63) is 0 Å². The molecule has 1 aliphatic rings. The highest BCUT2D eigenvalue weighted by molar-refractivity contribution is 5.95. The van der Waals surface area contributed by atoms with Crippen molar-refractivity contribution in [2.75, 3.05) is 13.2 Å². The Morgan fingerprint density at radius 2 is 2.11 bits per heavy atom. The fourth-order valence-corrected chi connectivity index (χ4v) is 2.16. The van der Waals surface area contributed by atoms with Gasteiger partial charge in [-0.05, 0) is 32.6 Å². The standard InChI is InChI=1S/C13H23NO4/c1-6-13(5)8-14(10(16)9(13)7-15)11(17)18-12(2,3)4/h9,15H,6-8H2,1-5H3. The Morgan fingerprint density at radius 3 is 2.44 bits per heavy atom. The Morgan fingerprint density at radius 1 is 1.56 bits per heavy atom. The average molecular weight is 257 g/mol. The second-order valence-electron chi connectivity index (χ2n) is 6.15. The maximum absolute atomic E-state index is 12.1. The van der Waals surface area contributed by atoms with E-state index in [9.17, 15) is 14.7 Å². The molecule has 0 radical (unpaired) electrons. The van der Waals surface area contributed by atoms with Gasteiger partial charge in [0.25, 0.3) is 0 Å². The van der Waals surface area contributed by atoms with Crippen LogP contribution in [0.4, 0.5) is 4.79 Å². The Labute approximate surface area is 108 Å². The summed E-state index contributed by atoms with van der Waals surface area (Å²) in [5.41, 5.74) is -1.000. The molecule has 5 heteroatoms. The number of carbonyl (C=O) groups excluding carboxylic acids is 2. The van der Waals surface area contributed by atoms with Gasteiger partial charge in [0.15, 0.2) is 0 Å². The van der Waals surface area contributed by atoms with Crippen molar-refractivity contribution >= 4 is 12.0 Å². The van der Waals surface area contributed by atoms with Crippen molar-refractivity contribution in [2.45, 2.75) is 46.6 Å². The van der Waals surface area contributed by atoms with Gasteiger partial charge in [-0.15, -0.1) is 0 Å². The minimum atomic E-state index is -0.628. The molecule has 1 saturated heterocycles. The van der Waals surface area contributed by atoms with Gasteiger partial charge >= 0.3 is 6.09 Å². The van der Waals surface area contributed by atoms with E-state index in [2.05, 4.69) is 0 Å². The van der Waals surface area contributed by atoms with Crippen LogP contribution in [0.25, 0.3) is 0 Å². The molecule has 1 fully saturated rings. The van der Waals surface area contributed by atoms with E-state index in [1.165, 1.54) is 0 Å². The third-order valence-electron chi connectivity index (χ3n) is 3.53. The van der Waals surface area contributed by atoms with Gasteiger partial charge < -0.3 is 9.84 Å². The van der Waals surface area contributed by atoms with Gasteiger partial charge in [0.1, 0.15) is 5.60 Å². The molecular formula is C13H23NO4. The largest absolute Gasteiger partial charge is 0.443 e. The molecule has 0 bridgehead atoms. The molecule has 0 aliphatic carbocycles. The molecule has 0 aromatic heterocycles. The van der Waals surface area contributed by atoms with Crippen molar-refractivity contribution in [2.24, 2.45) is 11.3 Å². The van der Waals surface area contributed by atoms with Crippen LogP contribution in [-0.2, 0) is 9.53 Å². The number of imide groups is 1. The zero-order valence-corrected chi connectivity index (χ0v) is 11.8. The minimum absolute atomic E-state index is 0.234. The Balaban J connectivity index is 2.87. The van der Waals surface area contributed by atoms with Crippen molar-refractivity contribution in [1.29, 1.82) is 0 Å². The van der Waals surface area contributed by atoms with Crippen LogP contribution in [0, 0.1) is 11.3 Å². The van der Waals surface area contributed by atoms with Crippen LogP contribution in [0.15, 0.2) is 0 Å². The van der Waals surface area contributed by atoms with Gasteiger partial charge in [-0.2, -0.15) is 0 Å². The van der Waals surface area contributed by atoms with Crippen LogP contribution in [0.1, 0.15) is 41.0 Å². The van der Waals surface area contributed by atoms with E-state index < -0.39 is 17.6 Å². The quantitative estimate of drug-likeness (QED) is 0.819. The van der Waals surface area contributed by atoms with E-state index in [1.807, 2.05) is 13.8 Å². The van der Waals surface area contributed by atoms with E-state index in [4.69, 9.17) is 4.74 Å². The molecule has 2 atom stereocenters. The lowest BCUT2D eigenvalue weighted by molar-refractivity contribution is -0.132. The summed E-state index contributed by atoms with van der Waals surface area (Å²) in [6.07, 6.45) is 0.103. The first-order valence-corrected chi connectivity index (χ1v) is 6.30. The molecule has 1 rings (SSSR count). The monoisotopic (exact) mass is 257 g/mol. The number of carbonyl (C=O) groups is 2. The van der Waals surface area contributed by atoms with Crippen LogP contribution in [0.3, 0.4) is 0 Å². The summed E-state index contributed by atoms with van der Waals surface area (Å²) in [5, 5.41) is 9.34. The first kappa shape index (κ1) is 15.0. The van der Waals surface area contributed by atoms with Crippen LogP contribution < -0.4 is 0 Å². The van der Waals surface area contributed by atoms with Crippen LogP contribution >= 0.6 is 0 Å². The third-order valence-corrected chi connectivity index (χ3v) is 3.53. The van der Waals surface area contributed by atoms with Gasteiger partial charge in [-0.25, -0.2) is 9.69 Å². The number of rotatable bonds is 2. The molecule has 5 nitrogen and oxygen atoms in total. The zero-order chi connectivity index (χ0) is 14.1. The first-order chi connectivity index (χ1) is 8.14. The predicted octanol–water partition coefficient (Wildman–Crippen LogP) is 1.79. The third kappa shape index (κ3) is 2.83. The van der Waals surface area contributed by atoms with E-state index in [-0.39, 0.29) is 17.9 Å². The number of hydrogen-bond donors (Lipinski definition) is 1. The molecule has 104 valence electrons. The fourth-order valence-electron chi connectivity index (χ4n) is 2.16. The molecular weight excluding hydrogens is 234 g/mol. The lowest BCUT2D eigenvalue weighted by Gasteiger charge is -2.26. The van der Waals surface area contributed by atoms with E-state index in [1.54, 1.807) is 20.8 Å². The molecule has 1 heterocycles. The van der Waals surface area contributed by atoms with Crippen LogP contribution in [0.5, 0.6) is 0 Å². The van der Waals surface area contributed by atoms with Gasteiger partial charge in [0, 0.05) is 6.54 Å². The van der Waals surface area contributed by atoms with Gasteiger partial charge in [-0.3, -0.25) is 4.79 Å². The number of likely N-dealkylation sites (tertiary alicyclic amines) is 1. The average Bonchev–Trinajstić information content (AvgIpc) is 2.49. The van der Waals surface area contributed by atoms with Gasteiger partial charge in [-0.1, -0.05) is 13.8 Å². The molecule has 1 aliphatic heterocycles. The zero-order valence-electron chi connectivity index (χ0n) is 11.8. The number of ether oxygens (including phenoxy) is 1. The molecule has 1 N–H and O–H groups in total. The molecule has 18 heavy (non-hydrogen) atoms. The summed E-state index contributed by atoms with van der Waals surface area (Å²) in [5.74, 6) is -0.855. The van der Waals surface area contributed by atoms with Crippen molar-refractivity contribution in [1.82, 2.24) is 4.90 Å². The van der Waals surface area contributed by atoms with Crippen LogP contribution in [-0.4, -0.2) is 40.8 Å². The predicted molar refractivity (Wildman–Crippen MR) is 66.9 cm³/mol. The molecule has 2 amide bonds. The molecule has 0 saturated carbocycles. The highest BCUT2D eigenvalue weighted by Gasteiger charge is 2.50. The highest BCUT2D eigenvalue weighted by Crippen LogP contribution is 2.39. The maximum atomic E-state index is 12.1. The number of aliphatic hydroxyl groups is 1. The summed E-state index contributed by atoms with van der Waals surface area (Å²) in [6, 6.07) is 0. The Bertz CT molecular complexity index is 347. The van der Waals surface area contributed by atoms with Gasteiger partial charge in [0.2, 0.25) is 5.91 Å². The lowest BCUT2D eigenvalue weighted by Crippen LogP contribution is -2.39. The van der Waals surface area contributed by atoms with E-state index >= 15 is 0 Å². The summed E-state index contributed by atoms with van der Waals surface area (Å²) >= 11 is 0. The summed E-state index contributed by atoms with van der Waals surface area (Å²) in [4.78, 5) is 25.2. The smallest absolute Gasteiger partial charge is 0.417 e.